The summed E-state index contributed by atoms with van der Waals surface area (Å²) in [5.41, 5.74) is 0.866. The SMILES string of the molecule is CCCCN(CCCC)C(=O)CN1C[C@H](c2ccc3c(c2)OCO3)[C@@H](C(=O)O)[C@@H]1CCn1cc2ccccc2c1O. The average Bonchev–Trinajstić information content (AvgIpc) is 3.67. The largest absolute Gasteiger partial charge is 0.494 e. The Kier molecular flexibility index (Phi) is 9.03. The lowest BCUT2D eigenvalue weighted by Gasteiger charge is -2.30. The van der Waals surface area contributed by atoms with Crippen LogP contribution in [0.25, 0.3) is 10.8 Å². The van der Waals surface area contributed by atoms with Crippen LogP contribution in [0, 0.1) is 5.92 Å². The summed E-state index contributed by atoms with van der Waals surface area (Å²) in [6, 6.07) is 12.9. The predicted molar refractivity (Wildman–Crippen MR) is 156 cm³/mol. The Morgan fingerprint density at radius 1 is 1.02 bits per heavy atom. The van der Waals surface area contributed by atoms with Gasteiger partial charge in [0.05, 0.1) is 12.5 Å². The number of hydrogen-bond acceptors (Lipinski definition) is 6. The van der Waals surface area contributed by atoms with Gasteiger partial charge in [-0.25, -0.2) is 0 Å². The maximum atomic E-state index is 13.6. The molecular weight excluding hydrogens is 522 g/mol. The van der Waals surface area contributed by atoms with E-state index in [2.05, 4.69) is 18.7 Å². The van der Waals surface area contributed by atoms with E-state index < -0.39 is 17.9 Å². The van der Waals surface area contributed by atoms with Gasteiger partial charge in [0.25, 0.3) is 0 Å². The van der Waals surface area contributed by atoms with E-state index >= 15 is 0 Å². The number of carbonyl (C=O) groups excluding carboxylic acids is 1. The number of amides is 1. The van der Waals surface area contributed by atoms with E-state index in [4.69, 9.17) is 9.47 Å². The molecule has 3 aromatic rings. The highest BCUT2D eigenvalue weighted by molar-refractivity contribution is 5.87. The predicted octanol–water partition coefficient (Wildman–Crippen LogP) is 5.06. The Balaban J connectivity index is 1.43. The lowest BCUT2D eigenvalue weighted by atomic mass is 9.84. The number of nitrogens with zero attached hydrogens (tertiary/aromatic N) is 3. The van der Waals surface area contributed by atoms with E-state index in [9.17, 15) is 19.8 Å². The minimum atomic E-state index is -0.886. The van der Waals surface area contributed by atoms with Crippen LogP contribution in [0.4, 0.5) is 0 Å². The van der Waals surface area contributed by atoms with Gasteiger partial charge in [0.2, 0.25) is 12.7 Å². The van der Waals surface area contributed by atoms with Gasteiger partial charge in [0, 0.05) is 55.1 Å². The molecular formula is C32H41N3O6. The highest BCUT2D eigenvalue weighted by Crippen LogP contribution is 2.43. The van der Waals surface area contributed by atoms with Crippen LogP contribution in [-0.2, 0) is 16.1 Å². The monoisotopic (exact) mass is 563 g/mol. The minimum Gasteiger partial charge on any atom is -0.494 e. The molecule has 9 nitrogen and oxygen atoms in total. The van der Waals surface area contributed by atoms with E-state index in [1.165, 1.54) is 0 Å². The van der Waals surface area contributed by atoms with E-state index in [0.717, 1.165) is 42.0 Å². The summed E-state index contributed by atoms with van der Waals surface area (Å²) in [6.07, 6.45) is 6.27. The van der Waals surface area contributed by atoms with Crippen molar-refractivity contribution in [3.05, 3.63) is 54.2 Å². The number of unbranched alkanes of at least 4 members (excludes halogenated alkanes) is 2. The number of aliphatic carboxylic acids is 1. The number of carbonyl (C=O) groups is 2. The molecule has 3 heterocycles. The zero-order chi connectivity index (χ0) is 28.9. The lowest BCUT2D eigenvalue weighted by Crippen LogP contribution is -2.45. The zero-order valence-corrected chi connectivity index (χ0v) is 24.0. The molecule has 9 heteroatoms. The highest BCUT2D eigenvalue weighted by Gasteiger charge is 2.47. The second kappa shape index (κ2) is 12.9. The van der Waals surface area contributed by atoms with Gasteiger partial charge >= 0.3 is 5.97 Å². The van der Waals surface area contributed by atoms with Crippen LogP contribution in [0.15, 0.2) is 48.7 Å². The number of likely N-dealkylation sites (tertiary alicyclic amines) is 1. The third-order valence-electron chi connectivity index (χ3n) is 8.55. The number of carboxylic acids is 1. The smallest absolute Gasteiger partial charge is 0.308 e. The molecule has 0 saturated carbocycles. The number of fused-ring (bicyclic) bond motifs is 2. The second-order valence-corrected chi connectivity index (χ2v) is 11.2. The summed E-state index contributed by atoms with van der Waals surface area (Å²) in [5, 5.41) is 23.1. The average molecular weight is 564 g/mol. The molecule has 0 aliphatic carbocycles. The topological polar surface area (TPSA) is 104 Å². The second-order valence-electron chi connectivity index (χ2n) is 11.2. The minimum absolute atomic E-state index is 0.0434. The third-order valence-corrected chi connectivity index (χ3v) is 8.55. The normalized spacial score (nSPS) is 20.1. The van der Waals surface area contributed by atoms with Crippen LogP contribution in [0.2, 0.25) is 0 Å². The van der Waals surface area contributed by atoms with E-state index in [1.54, 1.807) is 4.57 Å². The third kappa shape index (κ3) is 6.15. The first-order valence-corrected chi connectivity index (χ1v) is 14.8. The summed E-state index contributed by atoms with van der Waals surface area (Å²) < 4.78 is 12.8. The molecule has 0 spiro atoms. The number of benzene rings is 2. The fourth-order valence-electron chi connectivity index (χ4n) is 6.31. The Morgan fingerprint density at radius 2 is 1.76 bits per heavy atom. The molecule has 2 aliphatic heterocycles. The van der Waals surface area contributed by atoms with Crippen molar-refractivity contribution in [3.63, 3.8) is 0 Å². The van der Waals surface area contributed by atoms with Crippen LogP contribution >= 0.6 is 0 Å². The maximum Gasteiger partial charge on any atom is 0.308 e. The molecule has 2 N–H and O–H groups in total. The molecule has 3 atom stereocenters. The standard InChI is InChI=1S/C32H41N3O6/c1-3-5-14-33(15-6-4-2)29(36)20-35-19-25(22-11-12-27-28(17-22)41-21-40-27)30(32(38)39)26(35)13-16-34-18-23-9-7-8-10-24(23)31(34)37/h7-12,17-18,25-26,30,37H,3-6,13-16,19-21H2,1-2H3,(H,38,39)/t25-,26+,30-/m1/s1. The van der Waals surface area contributed by atoms with Crippen molar-refractivity contribution in [2.45, 2.75) is 64.5 Å². The zero-order valence-electron chi connectivity index (χ0n) is 24.0. The Labute approximate surface area is 241 Å². The van der Waals surface area contributed by atoms with Crippen LogP contribution in [0.1, 0.15) is 57.4 Å². The van der Waals surface area contributed by atoms with Gasteiger partial charge < -0.3 is 29.2 Å². The van der Waals surface area contributed by atoms with Crippen LogP contribution in [0.5, 0.6) is 17.4 Å². The first kappa shape index (κ1) is 28.8. The van der Waals surface area contributed by atoms with Gasteiger partial charge in [-0.05, 0) is 43.0 Å². The van der Waals surface area contributed by atoms with Gasteiger partial charge in [-0.3, -0.25) is 14.5 Å². The number of aryl methyl sites for hydroxylation is 1. The Bertz CT molecular complexity index is 1360. The van der Waals surface area contributed by atoms with Gasteiger partial charge in [0.15, 0.2) is 17.4 Å². The summed E-state index contributed by atoms with van der Waals surface area (Å²) in [7, 11) is 0. The first-order valence-electron chi connectivity index (χ1n) is 14.8. The Morgan fingerprint density at radius 3 is 2.46 bits per heavy atom. The summed E-state index contributed by atoms with van der Waals surface area (Å²) >= 11 is 0. The Hall–Kier alpha value is -3.72. The van der Waals surface area contributed by atoms with Gasteiger partial charge in [0.1, 0.15) is 0 Å². The van der Waals surface area contributed by atoms with E-state index in [1.807, 2.05) is 53.6 Å². The van der Waals surface area contributed by atoms with Gasteiger partial charge in [-0.15, -0.1) is 0 Å². The molecule has 0 unspecified atom stereocenters. The summed E-state index contributed by atoms with van der Waals surface area (Å²) in [6.45, 7) is 6.86. The molecule has 220 valence electrons. The van der Waals surface area contributed by atoms with Crippen LogP contribution in [0.3, 0.4) is 0 Å². The van der Waals surface area contributed by atoms with Gasteiger partial charge in [-0.2, -0.15) is 0 Å². The molecule has 2 aromatic carbocycles. The molecule has 0 radical (unpaired) electrons. The van der Waals surface area contributed by atoms with Crippen molar-refractivity contribution in [3.8, 4) is 17.4 Å². The number of hydrogen-bond donors (Lipinski definition) is 2. The maximum absolute atomic E-state index is 13.6. The number of rotatable bonds is 13. The van der Waals surface area contributed by atoms with Gasteiger partial charge in [-0.1, -0.05) is 51.0 Å². The number of ether oxygens (including phenoxy) is 2. The van der Waals surface area contributed by atoms with Crippen molar-refractivity contribution in [2.75, 3.05) is 33.0 Å². The van der Waals surface area contributed by atoms with Crippen molar-refractivity contribution >= 4 is 22.6 Å². The summed E-state index contributed by atoms with van der Waals surface area (Å²) in [5.74, 6) is -0.449. The number of aromatic nitrogens is 1. The van der Waals surface area contributed by atoms with Crippen molar-refractivity contribution in [1.82, 2.24) is 14.4 Å². The molecule has 1 aromatic heterocycles. The van der Waals surface area contributed by atoms with Crippen molar-refractivity contribution in [1.29, 1.82) is 0 Å². The van der Waals surface area contributed by atoms with Crippen molar-refractivity contribution < 1.29 is 29.3 Å². The summed E-state index contributed by atoms with van der Waals surface area (Å²) in [4.78, 5) is 30.5. The fourth-order valence-corrected chi connectivity index (χ4v) is 6.31. The molecule has 2 aliphatic rings. The van der Waals surface area contributed by atoms with Crippen LogP contribution in [-0.4, -0.2) is 75.5 Å². The first-order chi connectivity index (χ1) is 19.9. The number of carboxylic acid groups (broad SMARTS) is 1. The quantitative estimate of drug-likeness (QED) is 0.299. The van der Waals surface area contributed by atoms with Crippen molar-refractivity contribution in [2.24, 2.45) is 5.92 Å². The lowest BCUT2D eigenvalue weighted by molar-refractivity contribution is -0.144. The molecule has 1 fully saturated rings. The molecule has 5 rings (SSSR count). The molecule has 1 amide bonds. The number of aromatic hydroxyl groups is 1. The van der Waals surface area contributed by atoms with E-state index in [-0.39, 0.29) is 31.0 Å². The molecule has 1 saturated heterocycles. The highest BCUT2D eigenvalue weighted by atomic mass is 16.7. The fraction of sp³-hybridized carbons (Fsp3) is 0.500. The molecule has 0 bridgehead atoms. The van der Waals surface area contributed by atoms with E-state index in [0.29, 0.717) is 44.1 Å². The molecule has 41 heavy (non-hydrogen) atoms. The van der Waals surface area contributed by atoms with Crippen LogP contribution < -0.4 is 9.47 Å².